The molecule has 1 saturated heterocycles. The van der Waals surface area contributed by atoms with E-state index in [1.54, 1.807) is 6.33 Å². The first-order chi connectivity index (χ1) is 8.69. The van der Waals surface area contributed by atoms with Crippen LogP contribution in [0.2, 0.25) is 0 Å². The van der Waals surface area contributed by atoms with Gasteiger partial charge in [-0.25, -0.2) is 9.97 Å². The van der Waals surface area contributed by atoms with Crippen LogP contribution in [0, 0.1) is 4.64 Å². The predicted molar refractivity (Wildman–Crippen MR) is 70.6 cm³/mol. The van der Waals surface area contributed by atoms with Crippen molar-refractivity contribution in [1.82, 2.24) is 19.5 Å². The van der Waals surface area contributed by atoms with E-state index in [9.17, 15) is 0 Å². The molecule has 2 aromatic heterocycles. The fourth-order valence-corrected chi connectivity index (χ4v) is 2.61. The van der Waals surface area contributed by atoms with Gasteiger partial charge >= 0.3 is 0 Å². The van der Waals surface area contributed by atoms with Gasteiger partial charge in [0.05, 0.1) is 12.4 Å². The highest BCUT2D eigenvalue weighted by Crippen LogP contribution is 2.31. The number of hydrogen-bond acceptors (Lipinski definition) is 5. The van der Waals surface area contributed by atoms with E-state index in [1.807, 2.05) is 4.57 Å². The van der Waals surface area contributed by atoms with Gasteiger partial charge in [-0.2, -0.15) is 0 Å². The summed E-state index contributed by atoms with van der Waals surface area (Å²) >= 11 is 5.15. The third kappa shape index (κ3) is 1.79. The van der Waals surface area contributed by atoms with Gasteiger partial charge in [-0.15, -0.1) is 0 Å². The molecule has 3 heterocycles. The summed E-state index contributed by atoms with van der Waals surface area (Å²) < 4.78 is 8.33. The zero-order valence-corrected chi connectivity index (χ0v) is 10.9. The van der Waals surface area contributed by atoms with Gasteiger partial charge in [-0.3, -0.25) is 4.57 Å². The van der Waals surface area contributed by atoms with Gasteiger partial charge < -0.3 is 15.5 Å². The van der Waals surface area contributed by atoms with Gasteiger partial charge in [0.25, 0.3) is 0 Å². The lowest BCUT2D eigenvalue weighted by molar-refractivity contribution is 0.00290. The van der Waals surface area contributed by atoms with Gasteiger partial charge in [0, 0.05) is 0 Å². The third-order valence-electron chi connectivity index (χ3n) is 3.32. The van der Waals surface area contributed by atoms with Gasteiger partial charge in [0.1, 0.15) is 17.4 Å². The lowest BCUT2D eigenvalue weighted by Crippen LogP contribution is -2.10. The van der Waals surface area contributed by atoms with E-state index in [0.717, 1.165) is 24.9 Å². The molecule has 0 aliphatic carbocycles. The van der Waals surface area contributed by atoms with Crippen LogP contribution in [0.15, 0.2) is 6.33 Å². The summed E-state index contributed by atoms with van der Waals surface area (Å²) in [7, 11) is 0. The van der Waals surface area contributed by atoms with Crippen LogP contribution in [-0.2, 0) is 4.74 Å². The Balaban J connectivity index is 2.05. The van der Waals surface area contributed by atoms with E-state index in [4.69, 9.17) is 22.7 Å². The van der Waals surface area contributed by atoms with Crippen molar-refractivity contribution in [2.45, 2.75) is 38.5 Å². The first-order valence-electron chi connectivity index (χ1n) is 6.07. The topological polar surface area (TPSA) is 81.8 Å². The molecular formula is C11H15N5OS. The Kier molecular flexibility index (Phi) is 2.79. The summed E-state index contributed by atoms with van der Waals surface area (Å²) in [6, 6.07) is 0. The lowest BCUT2D eigenvalue weighted by Gasteiger charge is -2.14. The second-order valence-electron chi connectivity index (χ2n) is 4.47. The number of aromatic amines is 1. The number of nitrogens with two attached hydrogens (primary N) is 1. The molecule has 0 unspecified atom stereocenters. The number of aromatic nitrogens is 4. The molecule has 7 heteroatoms. The number of anilines is 1. The molecule has 18 heavy (non-hydrogen) atoms. The van der Waals surface area contributed by atoms with Crippen LogP contribution in [0.5, 0.6) is 0 Å². The largest absolute Gasteiger partial charge is 0.369 e. The molecule has 6 nitrogen and oxygen atoms in total. The van der Waals surface area contributed by atoms with Crippen LogP contribution < -0.4 is 5.73 Å². The van der Waals surface area contributed by atoms with E-state index < -0.39 is 0 Å². The average Bonchev–Trinajstić information content (AvgIpc) is 2.93. The molecular weight excluding hydrogens is 250 g/mol. The minimum atomic E-state index is 0.00685. The van der Waals surface area contributed by atoms with E-state index in [1.165, 1.54) is 0 Å². The second-order valence-corrected chi connectivity index (χ2v) is 4.86. The van der Waals surface area contributed by atoms with Crippen LogP contribution in [0.1, 0.15) is 32.4 Å². The smallest absolute Gasteiger partial charge is 0.200 e. The van der Waals surface area contributed by atoms with Crippen molar-refractivity contribution in [3.63, 3.8) is 0 Å². The van der Waals surface area contributed by atoms with Crippen molar-refractivity contribution in [3.8, 4) is 0 Å². The summed E-state index contributed by atoms with van der Waals surface area (Å²) in [5.41, 5.74) is 7.15. The molecule has 1 fully saturated rings. The molecule has 3 N–H and O–H groups in total. The van der Waals surface area contributed by atoms with E-state index in [-0.39, 0.29) is 6.23 Å². The maximum atomic E-state index is 5.95. The van der Waals surface area contributed by atoms with E-state index >= 15 is 0 Å². The summed E-state index contributed by atoms with van der Waals surface area (Å²) in [5.74, 6) is 0.305. The summed E-state index contributed by atoms with van der Waals surface area (Å²) in [4.78, 5) is 11.3. The minimum Gasteiger partial charge on any atom is -0.369 e. The van der Waals surface area contributed by atoms with E-state index in [2.05, 4.69) is 21.9 Å². The zero-order chi connectivity index (χ0) is 12.7. The molecule has 0 spiro atoms. The lowest BCUT2D eigenvalue weighted by atomic mass is 10.2. The van der Waals surface area contributed by atoms with Crippen LogP contribution >= 0.6 is 12.2 Å². The number of rotatable bonds is 2. The fraction of sp³-hybridized carbons (Fsp3) is 0.545. The fourth-order valence-electron chi connectivity index (χ4n) is 2.36. The van der Waals surface area contributed by atoms with Gasteiger partial charge in [-0.05, 0) is 19.3 Å². The number of imidazole rings is 1. The average molecular weight is 265 g/mol. The van der Waals surface area contributed by atoms with Crippen LogP contribution in [0.4, 0.5) is 5.95 Å². The normalized spacial score (nSPS) is 23.8. The Bertz CT molecular complexity index is 634. The highest BCUT2D eigenvalue weighted by atomic mass is 32.1. The minimum absolute atomic E-state index is 0.00685. The number of H-pyrrole nitrogens is 1. The molecule has 96 valence electrons. The number of ether oxygens (including phenoxy) is 1. The molecule has 1 aliphatic heterocycles. The van der Waals surface area contributed by atoms with Crippen molar-refractivity contribution in [2.24, 2.45) is 0 Å². The second kappa shape index (κ2) is 4.33. The van der Waals surface area contributed by atoms with Crippen LogP contribution in [0.3, 0.4) is 0 Å². The Morgan fingerprint density at radius 1 is 1.61 bits per heavy atom. The highest BCUT2D eigenvalue weighted by Gasteiger charge is 2.26. The molecule has 2 atom stereocenters. The number of fused-ring (bicyclic) bond motifs is 1. The Labute approximate surface area is 109 Å². The quantitative estimate of drug-likeness (QED) is 0.813. The Hall–Kier alpha value is -1.47. The maximum Gasteiger partial charge on any atom is 0.200 e. The van der Waals surface area contributed by atoms with Crippen LogP contribution in [-0.4, -0.2) is 25.6 Å². The zero-order valence-electron chi connectivity index (χ0n) is 10.1. The maximum absolute atomic E-state index is 5.95. The SMILES string of the molecule is CC[C@@H]1CC[C@H](n2cnc3c(=S)nc(N)[nH]c32)O1. The van der Waals surface area contributed by atoms with Gasteiger partial charge in [0.15, 0.2) is 10.6 Å². The molecule has 0 radical (unpaired) electrons. The van der Waals surface area contributed by atoms with Crippen molar-refractivity contribution < 1.29 is 4.74 Å². The van der Waals surface area contributed by atoms with Crippen molar-refractivity contribution in [2.75, 3.05) is 5.73 Å². The third-order valence-corrected chi connectivity index (χ3v) is 3.60. The van der Waals surface area contributed by atoms with Crippen LogP contribution in [0.25, 0.3) is 11.2 Å². The first kappa shape index (κ1) is 11.6. The Morgan fingerprint density at radius 3 is 3.17 bits per heavy atom. The number of nitrogens with one attached hydrogen (secondary N) is 1. The number of nitrogen functional groups attached to an aromatic ring is 1. The molecule has 0 saturated carbocycles. The van der Waals surface area contributed by atoms with Gasteiger partial charge in [0.2, 0.25) is 0 Å². The molecule has 0 amide bonds. The number of hydrogen-bond donors (Lipinski definition) is 2. The van der Waals surface area contributed by atoms with E-state index in [0.29, 0.717) is 22.2 Å². The monoisotopic (exact) mass is 265 g/mol. The summed E-state index contributed by atoms with van der Waals surface area (Å²) in [5, 5.41) is 0. The molecule has 1 aliphatic rings. The van der Waals surface area contributed by atoms with Gasteiger partial charge in [-0.1, -0.05) is 19.1 Å². The molecule has 0 aromatic carbocycles. The summed E-state index contributed by atoms with van der Waals surface area (Å²) in [6.45, 7) is 2.13. The highest BCUT2D eigenvalue weighted by molar-refractivity contribution is 7.71. The number of nitrogens with zero attached hydrogens (tertiary/aromatic N) is 3. The molecule has 3 rings (SSSR count). The van der Waals surface area contributed by atoms with Crippen molar-refractivity contribution in [1.29, 1.82) is 0 Å². The standard InChI is InChI=1S/C11H15N5OS/c1-2-6-3-4-7(17-6)16-5-13-8-9(16)14-11(12)15-10(8)18/h5-7H,2-4H2,1H3,(H3,12,14,15,18)/t6-,7-/m1/s1. The molecule has 2 aromatic rings. The molecule has 0 bridgehead atoms. The van der Waals surface area contributed by atoms with Crippen molar-refractivity contribution in [3.05, 3.63) is 11.0 Å². The predicted octanol–water partition coefficient (Wildman–Crippen LogP) is 2.16. The first-order valence-corrected chi connectivity index (χ1v) is 6.47. The summed E-state index contributed by atoms with van der Waals surface area (Å²) in [6.07, 6.45) is 5.15. The van der Waals surface area contributed by atoms with Crippen molar-refractivity contribution >= 4 is 29.3 Å². The Morgan fingerprint density at radius 2 is 2.44 bits per heavy atom.